The van der Waals surface area contributed by atoms with Crippen molar-refractivity contribution >= 4 is 85.2 Å². The average molecular weight is 1810 g/mol. The Bertz CT molecular complexity index is 7650. The van der Waals surface area contributed by atoms with Crippen LogP contribution in [0.2, 0.25) is 0 Å². The summed E-state index contributed by atoms with van der Waals surface area (Å²) in [7, 11) is -9.32. The minimum atomic E-state index is -3.91. The number of nitrogens with one attached hydrogen (secondary N) is 2. The lowest BCUT2D eigenvalue weighted by atomic mass is 10.0. The minimum absolute atomic E-state index is 0. The molecule has 0 aliphatic carbocycles. The molecule has 0 bridgehead atoms. The van der Waals surface area contributed by atoms with Gasteiger partial charge in [0.05, 0.1) is 73.5 Å². The third-order valence-electron chi connectivity index (χ3n) is 21.0. The molecule has 0 saturated heterocycles. The number of aromatic nitrogens is 9. The fraction of sp³-hybridized carbons (Fsp3) is 0.0472. The lowest BCUT2D eigenvalue weighted by molar-refractivity contribution is 0.103. The maximum atomic E-state index is 13.9. The van der Waals surface area contributed by atoms with E-state index in [-0.39, 0.29) is 74.7 Å². The van der Waals surface area contributed by atoms with Gasteiger partial charge in [0.15, 0.2) is 23.2 Å². The Morgan fingerprint density at radius 2 is 0.636 bits per heavy atom. The standard InChI is InChI=1S/C58H41N5O7S2.C20H14N4.C13H10O3.C12H8F2O2S.3CH4/c1-38-14-30-46(31-15-38)71(65,66)48-34-26-44(27-35-48)69-42-22-16-39(17-23-42)56(64)40-18-24-43(25-19-40)70-45-28-36-49(37-29-45)72(67,68)47-32-20-41(21-33-47)63-55-13-6-4-9-51(55)61-58(63)53-11-7-10-52(59-53)57-60-50-8-3-5-12-54(50)62(57)2;1-2-9-16-15(8-1)21-19(22-16)13-6-5-7-14(12-13)20-23-17-10-3-4-11-18(17)24-20;14-11-5-1-9(2-6-11)13(16)10-3-7-12(15)8-4-10;13-9-1-5-11(6-2-9)17(15,16)12-7-3-10(14)4-8-12;;;/h3-37H,1-2H3;1-12H,(H,21,22)(H,23,24);1-8,14-15H;1-8H;3*1H4. The number of H-pyrrole nitrogens is 2. The number of hydrogen-bond acceptors (Lipinski definition) is 17. The zero-order chi connectivity index (χ0) is 89.5. The molecule has 0 aliphatic rings. The Labute approximate surface area is 760 Å². The van der Waals surface area contributed by atoms with E-state index in [1.54, 1.807) is 146 Å². The Morgan fingerprint density at radius 3 is 1.03 bits per heavy atom. The monoisotopic (exact) mass is 1810 g/mol. The molecule has 26 heteroatoms. The number of phenols is 2. The Morgan fingerprint density at radius 1 is 0.326 bits per heavy atom. The topological polar surface area (TPSA) is 301 Å². The third kappa shape index (κ3) is 20.1. The number of ketones is 2. The van der Waals surface area contributed by atoms with Crippen molar-refractivity contribution in [3.63, 3.8) is 0 Å². The molecule has 132 heavy (non-hydrogen) atoms. The lowest BCUT2D eigenvalue weighted by Gasteiger charge is -2.12. The molecule has 5 heterocycles. The summed E-state index contributed by atoms with van der Waals surface area (Å²) in [6.45, 7) is 1.90. The third-order valence-corrected chi connectivity index (χ3v) is 26.3. The second-order valence-corrected chi connectivity index (χ2v) is 35.5. The van der Waals surface area contributed by atoms with Gasteiger partial charge in [0.2, 0.25) is 29.5 Å². The molecule has 658 valence electrons. The highest BCUT2D eigenvalue weighted by Gasteiger charge is 2.25. The molecule has 15 aromatic carbocycles. The van der Waals surface area contributed by atoms with E-state index in [1.807, 2.05) is 144 Å². The molecule has 0 unspecified atom stereocenters. The van der Waals surface area contributed by atoms with Crippen LogP contribution in [0.25, 0.3) is 95.6 Å². The normalized spacial score (nSPS) is 11.2. The van der Waals surface area contributed by atoms with Crippen molar-refractivity contribution in [3.05, 3.63) is 422 Å². The van der Waals surface area contributed by atoms with Crippen LogP contribution < -0.4 is 9.47 Å². The number of aryl methyl sites for hydroxylation is 2. The number of pyridine rings is 1. The van der Waals surface area contributed by atoms with Gasteiger partial charge in [0.1, 0.15) is 69.2 Å². The predicted molar refractivity (Wildman–Crippen MR) is 510 cm³/mol. The molecule has 0 aliphatic heterocycles. The second-order valence-electron chi connectivity index (χ2n) is 29.6. The fourth-order valence-electron chi connectivity index (χ4n) is 14.2. The van der Waals surface area contributed by atoms with Crippen LogP contribution in [0.15, 0.2) is 412 Å². The van der Waals surface area contributed by atoms with Crippen LogP contribution >= 0.6 is 0 Å². The fourth-order valence-corrected chi connectivity index (χ4v) is 18.0. The number of fused-ring (bicyclic) bond motifs is 4. The van der Waals surface area contributed by atoms with Crippen molar-refractivity contribution in [1.29, 1.82) is 0 Å². The van der Waals surface area contributed by atoms with Crippen LogP contribution in [0.5, 0.6) is 34.5 Å². The summed E-state index contributed by atoms with van der Waals surface area (Å²) in [6.07, 6.45) is 0. The SMILES string of the molecule is C.C.C.Cc1ccc(S(=O)(=O)c2ccc(Oc3ccc(C(=O)c4ccc(Oc5ccc(S(=O)(=O)c6ccc(-n7c(-c8cccc(-c9nc%10ccccc%10n9C)n8)nc8ccccc87)cc6)cc5)cc4)cc3)cc2)cc1.O=C(c1ccc(O)cc1)c1ccc(O)cc1.O=S(=O)(c1ccc(F)cc1)c1ccc(F)cc1.c1cc(-c2nc3ccccc3[nH]2)cc(-c2nc3ccccc3[nH]2)c1. The summed E-state index contributed by atoms with van der Waals surface area (Å²) in [5, 5.41) is 18.2. The summed E-state index contributed by atoms with van der Waals surface area (Å²) >= 11 is 0. The molecule has 21 nitrogen and oxygen atoms in total. The van der Waals surface area contributed by atoms with Crippen molar-refractivity contribution in [2.45, 2.75) is 58.6 Å². The van der Waals surface area contributed by atoms with Crippen molar-refractivity contribution in [3.8, 4) is 86.0 Å². The summed E-state index contributed by atoms with van der Waals surface area (Å²) in [6, 6.07) is 106. The molecule has 0 saturated carbocycles. The van der Waals surface area contributed by atoms with Crippen LogP contribution in [-0.4, -0.2) is 91.1 Å². The first-order valence-electron chi connectivity index (χ1n) is 40.2. The molecule has 4 N–H and O–H groups in total. The van der Waals surface area contributed by atoms with E-state index in [4.69, 9.17) is 34.6 Å². The van der Waals surface area contributed by atoms with E-state index in [0.717, 1.165) is 103 Å². The summed E-state index contributed by atoms with van der Waals surface area (Å²) < 4.78 is 119. The van der Waals surface area contributed by atoms with Gasteiger partial charge in [-0.15, -0.1) is 0 Å². The highest BCUT2D eigenvalue weighted by Crippen LogP contribution is 2.36. The van der Waals surface area contributed by atoms with Gasteiger partial charge in [-0.3, -0.25) is 14.2 Å². The number of hydrogen-bond donors (Lipinski definition) is 4. The number of para-hydroxylation sites is 8. The number of sulfone groups is 3. The smallest absolute Gasteiger partial charge is 0.206 e. The van der Waals surface area contributed by atoms with Crippen molar-refractivity contribution in [2.24, 2.45) is 7.05 Å². The zero-order valence-electron chi connectivity index (χ0n) is 68.5. The molecular formula is C106H85F2N9O12S3. The highest BCUT2D eigenvalue weighted by atomic mass is 32.2. The Balaban J connectivity index is 0.000000186. The minimum Gasteiger partial charge on any atom is -0.508 e. The number of nitrogens with zero attached hydrogens (tertiary/aromatic N) is 7. The lowest BCUT2D eigenvalue weighted by Crippen LogP contribution is -2.04. The van der Waals surface area contributed by atoms with Crippen LogP contribution in [0.3, 0.4) is 0 Å². The van der Waals surface area contributed by atoms with Gasteiger partial charge in [-0.1, -0.05) is 113 Å². The van der Waals surface area contributed by atoms with E-state index in [9.17, 15) is 43.6 Å². The van der Waals surface area contributed by atoms with E-state index in [2.05, 4.69) is 38.1 Å². The highest BCUT2D eigenvalue weighted by molar-refractivity contribution is 7.92. The van der Waals surface area contributed by atoms with Crippen molar-refractivity contribution < 1.29 is 63.3 Å². The summed E-state index contributed by atoms with van der Waals surface area (Å²) in [5.41, 5.74) is 14.5. The van der Waals surface area contributed by atoms with Gasteiger partial charge < -0.3 is 34.2 Å². The molecule has 0 fully saturated rings. The molecule has 20 rings (SSSR count). The summed E-state index contributed by atoms with van der Waals surface area (Å²) in [5.74, 6) is 3.73. The van der Waals surface area contributed by atoms with Crippen LogP contribution in [0.1, 0.15) is 59.7 Å². The Hall–Kier alpha value is -16.4. The number of imidazole rings is 4. The number of phenolic OH excluding ortho intramolecular Hbond substituents is 2. The van der Waals surface area contributed by atoms with Crippen LogP contribution in [-0.2, 0) is 36.6 Å². The number of aromatic amines is 2. The molecule has 5 aromatic heterocycles. The van der Waals surface area contributed by atoms with E-state index in [1.165, 1.54) is 72.8 Å². The molecular weight excluding hydrogens is 1730 g/mol. The number of aromatic hydroxyl groups is 2. The van der Waals surface area contributed by atoms with E-state index < -0.39 is 41.1 Å². The first-order valence-corrected chi connectivity index (χ1v) is 44.6. The van der Waals surface area contributed by atoms with Crippen molar-refractivity contribution in [2.75, 3.05) is 0 Å². The average Bonchev–Trinajstić information content (AvgIpc) is 1.60. The maximum absolute atomic E-state index is 13.9. The number of halogens is 2. The van der Waals surface area contributed by atoms with Crippen molar-refractivity contribution in [1.82, 2.24) is 44.0 Å². The first kappa shape index (κ1) is 91.8. The predicted octanol–water partition coefficient (Wildman–Crippen LogP) is 24.2. The van der Waals surface area contributed by atoms with Gasteiger partial charge in [-0.05, 0) is 304 Å². The van der Waals surface area contributed by atoms with Gasteiger partial charge in [-0.2, -0.15) is 0 Å². The largest absolute Gasteiger partial charge is 0.508 e. The molecule has 20 aromatic rings. The quantitative estimate of drug-likeness (QED) is 0.0432. The number of benzene rings is 15. The number of carbonyl (C=O) groups is 2. The van der Waals surface area contributed by atoms with Gasteiger partial charge in [-0.25, -0.2) is 59.0 Å². The maximum Gasteiger partial charge on any atom is 0.206 e. The zero-order valence-corrected chi connectivity index (χ0v) is 70.9. The number of rotatable bonds is 19. The molecule has 0 atom stereocenters. The molecule has 0 amide bonds. The molecule has 0 spiro atoms. The van der Waals surface area contributed by atoms with E-state index >= 15 is 0 Å². The Kier molecular flexibility index (Phi) is 27.4. The number of carbonyl (C=O) groups excluding carboxylic acids is 2. The van der Waals surface area contributed by atoms with Gasteiger partial charge in [0.25, 0.3) is 0 Å². The van der Waals surface area contributed by atoms with Crippen LogP contribution in [0, 0.1) is 18.6 Å². The number of ether oxygens (including phenoxy) is 2. The van der Waals surface area contributed by atoms with Gasteiger partial charge in [0, 0.05) is 46.1 Å². The van der Waals surface area contributed by atoms with E-state index in [0.29, 0.717) is 68.2 Å². The summed E-state index contributed by atoms with van der Waals surface area (Å²) in [4.78, 5) is 56.8. The van der Waals surface area contributed by atoms with Gasteiger partial charge >= 0.3 is 0 Å². The van der Waals surface area contributed by atoms with Crippen LogP contribution in [0.4, 0.5) is 8.78 Å². The first-order chi connectivity index (χ1) is 62.4. The second kappa shape index (κ2) is 39.4. The molecule has 0 radical (unpaired) electrons.